The summed E-state index contributed by atoms with van der Waals surface area (Å²) in [6.07, 6.45) is -0.752. The van der Waals surface area contributed by atoms with Gasteiger partial charge in [0.1, 0.15) is 17.9 Å². The summed E-state index contributed by atoms with van der Waals surface area (Å²) in [5, 5.41) is 0. The summed E-state index contributed by atoms with van der Waals surface area (Å²) in [5.74, 6) is 0.377. The molecule has 0 radical (unpaired) electrons. The molecule has 0 unspecified atom stereocenters. The Balaban J connectivity index is 1.75. The standard InChI is InChI=1S/C16H20ClNO4/c1-16(2)20-10-12(22-16)13-14(15(19)18(13)9-8-17)21-11-6-4-3-5-7-11/h3-7,12-14H,8-10H2,1-2H3/t12-,13+,14-/m1/s1. The molecule has 2 heterocycles. The number of amides is 1. The highest BCUT2D eigenvalue weighted by atomic mass is 35.5. The Morgan fingerprint density at radius 3 is 2.68 bits per heavy atom. The van der Waals surface area contributed by atoms with Gasteiger partial charge in [-0.3, -0.25) is 4.79 Å². The highest BCUT2D eigenvalue weighted by Gasteiger charge is 2.56. The molecule has 2 saturated heterocycles. The molecule has 5 nitrogen and oxygen atoms in total. The normalized spacial score (nSPS) is 30.2. The maximum atomic E-state index is 12.3. The number of halogens is 1. The number of benzene rings is 1. The van der Waals surface area contributed by atoms with Gasteiger partial charge in [-0.05, 0) is 26.0 Å². The van der Waals surface area contributed by atoms with Crippen molar-refractivity contribution >= 4 is 17.5 Å². The Bertz CT molecular complexity index is 536. The Kier molecular flexibility index (Phi) is 4.30. The first-order valence-corrected chi connectivity index (χ1v) is 7.95. The van der Waals surface area contributed by atoms with Crippen molar-refractivity contribution < 1.29 is 19.0 Å². The largest absolute Gasteiger partial charge is 0.478 e. The zero-order chi connectivity index (χ0) is 15.7. The number of hydrogen-bond acceptors (Lipinski definition) is 4. The molecular formula is C16H20ClNO4. The number of likely N-dealkylation sites (tertiary alicyclic amines) is 1. The molecule has 120 valence electrons. The van der Waals surface area contributed by atoms with Gasteiger partial charge in [-0.2, -0.15) is 0 Å². The molecule has 6 heteroatoms. The summed E-state index contributed by atoms with van der Waals surface area (Å²) in [7, 11) is 0. The lowest BCUT2D eigenvalue weighted by Gasteiger charge is -2.48. The van der Waals surface area contributed by atoms with Crippen molar-refractivity contribution in [3.63, 3.8) is 0 Å². The first-order valence-electron chi connectivity index (χ1n) is 7.42. The predicted molar refractivity (Wildman–Crippen MR) is 82.0 cm³/mol. The molecule has 0 saturated carbocycles. The summed E-state index contributed by atoms with van der Waals surface area (Å²) in [5.41, 5.74) is 0. The lowest BCUT2D eigenvalue weighted by Crippen LogP contribution is -2.71. The number of hydrogen-bond donors (Lipinski definition) is 0. The summed E-state index contributed by atoms with van der Waals surface area (Å²) in [4.78, 5) is 14.0. The third-order valence-electron chi connectivity index (χ3n) is 3.94. The van der Waals surface area contributed by atoms with Gasteiger partial charge in [0.05, 0.1) is 6.61 Å². The zero-order valence-corrected chi connectivity index (χ0v) is 13.5. The molecule has 0 aliphatic carbocycles. The van der Waals surface area contributed by atoms with Crippen LogP contribution in [0.25, 0.3) is 0 Å². The summed E-state index contributed by atoms with van der Waals surface area (Å²) < 4.78 is 17.4. The molecule has 2 fully saturated rings. The average Bonchev–Trinajstić information content (AvgIpc) is 2.86. The third kappa shape index (κ3) is 2.93. The van der Waals surface area contributed by atoms with E-state index in [1.165, 1.54) is 0 Å². The zero-order valence-electron chi connectivity index (χ0n) is 12.7. The van der Waals surface area contributed by atoms with E-state index in [9.17, 15) is 4.79 Å². The summed E-state index contributed by atoms with van der Waals surface area (Å²) in [6, 6.07) is 9.16. The van der Waals surface area contributed by atoms with E-state index in [2.05, 4.69) is 0 Å². The fourth-order valence-corrected chi connectivity index (χ4v) is 3.12. The number of carbonyl (C=O) groups is 1. The van der Waals surface area contributed by atoms with Crippen LogP contribution in [-0.4, -0.2) is 53.9 Å². The number of rotatable bonds is 5. The molecule has 0 aromatic heterocycles. The third-order valence-corrected chi connectivity index (χ3v) is 4.11. The number of alkyl halides is 1. The van der Waals surface area contributed by atoms with E-state index in [4.69, 9.17) is 25.8 Å². The van der Waals surface area contributed by atoms with Gasteiger partial charge in [-0.25, -0.2) is 0 Å². The molecule has 0 N–H and O–H groups in total. The number of β-lactam (4-membered cyclic amide) rings is 1. The minimum Gasteiger partial charge on any atom is -0.478 e. The van der Waals surface area contributed by atoms with Crippen LogP contribution in [0.15, 0.2) is 30.3 Å². The van der Waals surface area contributed by atoms with Gasteiger partial charge >= 0.3 is 0 Å². The first kappa shape index (κ1) is 15.6. The van der Waals surface area contributed by atoms with Crippen molar-refractivity contribution in [2.45, 2.75) is 37.9 Å². The summed E-state index contributed by atoms with van der Waals surface area (Å²) >= 11 is 5.80. The molecule has 0 spiro atoms. The number of para-hydroxylation sites is 1. The lowest BCUT2D eigenvalue weighted by molar-refractivity contribution is -0.185. The monoisotopic (exact) mass is 325 g/mol. The highest BCUT2D eigenvalue weighted by Crippen LogP contribution is 2.34. The quantitative estimate of drug-likeness (QED) is 0.614. The SMILES string of the molecule is CC1(C)OC[C@H]([C@H]2[C@@H](Oc3ccccc3)C(=O)N2CCCl)O1. The Hall–Kier alpha value is -1.30. The fourth-order valence-electron chi connectivity index (χ4n) is 2.93. The van der Waals surface area contributed by atoms with Crippen LogP contribution >= 0.6 is 11.6 Å². The number of ether oxygens (including phenoxy) is 3. The molecule has 3 atom stereocenters. The van der Waals surface area contributed by atoms with E-state index in [-0.39, 0.29) is 18.1 Å². The molecule has 1 aromatic carbocycles. The second-order valence-electron chi connectivity index (χ2n) is 5.93. The minimum atomic E-state index is -0.632. The van der Waals surface area contributed by atoms with Gasteiger partial charge < -0.3 is 19.1 Å². The van der Waals surface area contributed by atoms with Gasteiger partial charge in [-0.1, -0.05) is 18.2 Å². The second kappa shape index (κ2) is 6.07. The van der Waals surface area contributed by atoms with Crippen LogP contribution in [0.5, 0.6) is 5.75 Å². The second-order valence-corrected chi connectivity index (χ2v) is 6.31. The van der Waals surface area contributed by atoms with E-state index in [1.807, 2.05) is 44.2 Å². The van der Waals surface area contributed by atoms with E-state index >= 15 is 0 Å². The maximum absolute atomic E-state index is 12.3. The van der Waals surface area contributed by atoms with Crippen LogP contribution in [0.3, 0.4) is 0 Å². The summed E-state index contributed by atoms with van der Waals surface area (Å²) in [6.45, 7) is 4.66. The Morgan fingerprint density at radius 2 is 2.09 bits per heavy atom. The molecule has 2 aliphatic heterocycles. The van der Waals surface area contributed by atoms with Crippen LogP contribution in [0.4, 0.5) is 0 Å². The number of carbonyl (C=O) groups excluding carboxylic acids is 1. The molecule has 22 heavy (non-hydrogen) atoms. The average molecular weight is 326 g/mol. The van der Waals surface area contributed by atoms with Crippen LogP contribution in [0.2, 0.25) is 0 Å². The smallest absolute Gasteiger partial charge is 0.266 e. The van der Waals surface area contributed by atoms with Crippen LogP contribution < -0.4 is 4.74 Å². The van der Waals surface area contributed by atoms with Crippen molar-refractivity contribution in [1.82, 2.24) is 4.90 Å². The van der Waals surface area contributed by atoms with Gasteiger partial charge in [0.2, 0.25) is 0 Å². The van der Waals surface area contributed by atoms with Crippen molar-refractivity contribution in [3.05, 3.63) is 30.3 Å². The molecular weight excluding hydrogens is 306 g/mol. The van der Waals surface area contributed by atoms with Gasteiger partial charge in [0, 0.05) is 12.4 Å². The molecule has 2 aliphatic rings. The van der Waals surface area contributed by atoms with Gasteiger partial charge in [-0.15, -0.1) is 11.6 Å². The van der Waals surface area contributed by atoms with Crippen LogP contribution in [-0.2, 0) is 14.3 Å². The van der Waals surface area contributed by atoms with Gasteiger partial charge in [0.25, 0.3) is 5.91 Å². The van der Waals surface area contributed by atoms with Crippen LogP contribution in [0.1, 0.15) is 13.8 Å². The minimum absolute atomic E-state index is 0.0530. The van der Waals surface area contributed by atoms with Gasteiger partial charge in [0.15, 0.2) is 11.9 Å². The van der Waals surface area contributed by atoms with Crippen molar-refractivity contribution in [3.8, 4) is 5.75 Å². The highest BCUT2D eigenvalue weighted by molar-refractivity contribution is 6.18. The predicted octanol–water partition coefficient (Wildman–Crippen LogP) is 2.04. The molecule has 1 aromatic rings. The van der Waals surface area contributed by atoms with Crippen molar-refractivity contribution in [2.75, 3.05) is 19.0 Å². The van der Waals surface area contributed by atoms with E-state index in [0.717, 1.165) is 0 Å². The van der Waals surface area contributed by atoms with E-state index in [1.54, 1.807) is 4.90 Å². The van der Waals surface area contributed by atoms with E-state index < -0.39 is 11.9 Å². The van der Waals surface area contributed by atoms with E-state index in [0.29, 0.717) is 24.8 Å². The topological polar surface area (TPSA) is 48.0 Å². The Morgan fingerprint density at radius 1 is 1.36 bits per heavy atom. The lowest BCUT2D eigenvalue weighted by atomic mass is 9.92. The number of nitrogens with zero attached hydrogens (tertiary/aromatic N) is 1. The fraction of sp³-hybridized carbons (Fsp3) is 0.562. The van der Waals surface area contributed by atoms with Crippen molar-refractivity contribution in [2.24, 2.45) is 0 Å². The van der Waals surface area contributed by atoms with Crippen LogP contribution in [0, 0.1) is 0 Å². The first-order chi connectivity index (χ1) is 10.5. The molecule has 1 amide bonds. The molecule has 3 rings (SSSR count). The maximum Gasteiger partial charge on any atom is 0.266 e. The van der Waals surface area contributed by atoms with Crippen molar-refractivity contribution in [1.29, 1.82) is 0 Å². The molecule has 0 bridgehead atoms. The Labute approximate surface area is 135 Å².